The first kappa shape index (κ1) is 20.0. The maximum atomic E-state index is 12.5. The second-order valence-electron chi connectivity index (χ2n) is 7.36. The van der Waals surface area contributed by atoms with Crippen LogP contribution in [-0.4, -0.2) is 57.3 Å². The van der Waals surface area contributed by atoms with Crippen LogP contribution in [-0.2, 0) is 20.7 Å². The zero-order valence-electron chi connectivity index (χ0n) is 16.3. The van der Waals surface area contributed by atoms with Crippen molar-refractivity contribution in [3.63, 3.8) is 0 Å². The molecule has 150 valence electrons. The third kappa shape index (κ3) is 4.75. The minimum Gasteiger partial charge on any atom is -0.479 e. The van der Waals surface area contributed by atoms with Crippen LogP contribution in [0.5, 0.6) is 0 Å². The van der Waals surface area contributed by atoms with Gasteiger partial charge >= 0.3 is 5.97 Å². The molecule has 8 nitrogen and oxygen atoms in total. The Morgan fingerprint density at radius 3 is 2.61 bits per heavy atom. The van der Waals surface area contributed by atoms with Crippen molar-refractivity contribution in [2.75, 3.05) is 13.1 Å². The Bertz CT molecular complexity index is 831. The van der Waals surface area contributed by atoms with Crippen molar-refractivity contribution in [1.29, 1.82) is 0 Å². The maximum absolute atomic E-state index is 12.5. The van der Waals surface area contributed by atoms with E-state index in [9.17, 15) is 9.59 Å². The first-order valence-corrected chi connectivity index (χ1v) is 9.42. The van der Waals surface area contributed by atoms with E-state index in [1.807, 2.05) is 24.3 Å². The quantitative estimate of drug-likeness (QED) is 0.812. The summed E-state index contributed by atoms with van der Waals surface area (Å²) in [6.45, 7) is 6.44. The molecule has 1 aliphatic rings. The monoisotopic (exact) mass is 387 g/mol. The highest BCUT2D eigenvalue weighted by Crippen LogP contribution is 2.21. The third-order valence-electron chi connectivity index (χ3n) is 4.74. The molecule has 1 aromatic carbocycles. The van der Waals surface area contributed by atoms with Gasteiger partial charge in [0.1, 0.15) is 0 Å². The second kappa shape index (κ2) is 8.52. The minimum atomic E-state index is -1.06. The number of ether oxygens (including phenoxy) is 1. The molecule has 0 aliphatic carbocycles. The fourth-order valence-electron chi connectivity index (χ4n) is 3.15. The topological polar surface area (TPSA) is 106 Å². The molecular weight excluding hydrogens is 362 g/mol. The van der Waals surface area contributed by atoms with E-state index >= 15 is 0 Å². The second-order valence-corrected chi connectivity index (χ2v) is 7.36. The van der Waals surface area contributed by atoms with Gasteiger partial charge in [-0.1, -0.05) is 43.3 Å². The molecule has 3 rings (SSSR count). The maximum Gasteiger partial charge on any atom is 0.334 e. The number of benzene rings is 1. The van der Waals surface area contributed by atoms with Crippen molar-refractivity contribution in [1.82, 2.24) is 15.0 Å². The summed E-state index contributed by atoms with van der Waals surface area (Å²) < 4.78 is 10.6. The number of carboxylic acids is 1. The molecular formula is C20H25N3O5. The normalized spacial score (nSPS) is 19.8. The number of carboxylic acid groups (broad SMARTS) is 1. The number of nitrogens with zero attached hydrogens (tertiary/aromatic N) is 3. The fourth-order valence-corrected chi connectivity index (χ4v) is 3.15. The fraction of sp³-hybridized carbons (Fsp3) is 0.500. The summed E-state index contributed by atoms with van der Waals surface area (Å²) in [6.07, 6.45) is -0.828. The van der Waals surface area contributed by atoms with E-state index in [-0.39, 0.29) is 25.0 Å². The Labute approximate surface area is 163 Å². The molecule has 8 heteroatoms. The zero-order valence-corrected chi connectivity index (χ0v) is 16.3. The smallest absolute Gasteiger partial charge is 0.334 e. The number of hydrogen-bond donors (Lipinski definition) is 1. The molecule has 0 saturated carbocycles. The molecule has 0 bridgehead atoms. The van der Waals surface area contributed by atoms with Gasteiger partial charge < -0.3 is 19.3 Å². The summed E-state index contributed by atoms with van der Waals surface area (Å²) in [4.78, 5) is 29.5. The number of aliphatic carboxylic acids is 1. The molecule has 2 atom stereocenters. The first-order valence-electron chi connectivity index (χ1n) is 9.42. The van der Waals surface area contributed by atoms with E-state index in [0.29, 0.717) is 30.6 Å². The highest BCUT2D eigenvalue weighted by molar-refractivity contribution is 5.79. The van der Waals surface area contributed by atoms with Crippen LogP contribution in [0.4, 0.5) is 0 Å². The van der Waals surface area contributed by atoms with E-state index in [4.69, 9.17) is 14.4 Å². The van der Waals surface area contributed by atoms with Gasteiger partial charge in [-0.05, 0) is 18.4 Å². The van der Waals surface area contributed by atoms with Gasteiger partial charge in [-0.15, -0.1) is 0 Å². The number of rotatable bonds is 6. The van der Waals surface area contributed by atoms with Gasteiger partial charge in [-0.25, -0.2) is 4.79 Å². The van der Waals surface area contributed by atoms with Gasteiger partial charge in [0.2, 0.25) is 17.6 Å². The number of carbonyl (C=O) groups excluding carboxylic acids is 1. The number of hydrogen-bond acceptors (Lipinski definition) is 6. The Morgan fingerprint density at radius 2 is 1.96 bits per heavy atom. The largest absolute Gasteiger partial charge is 0.479 e. The lowest BCUT2D eigenvalue weighted by Gasteiger charge is -2.34. The van der Waals surface area contributed by atoms with Gasteiger partial charge in [0, 0.05) is 24.9 Å². The average Bonchev–Trinajstić information content (AvgIpc) is 3.14. The molecule has 0 radical (unpaired) electrons. The molecule has 2 aromatic rings. The molecule has 1 aliphatic heterocycles. The predicted molar refractivity (Wildman–Crippen MR) is 101 cm³/mol. The molecule has 0 spiro atoms. The van der Waals surface area contributed by atoms with Crippen LogP contribution in [0.25, 0.3) is 11.4 Å². The van der Waals surface area contributed by atoms with Crippen molar-refractivity contribution in [2.45, 2.75) is 51.7 Å². The number of aryl methyl sites for hydroxylation is 1. The molecule has 1 saturated heterocycles. The van der Waals surface area contributed by atoms with Crippen molar-refractivity contribution in [3.8, 4) is 11.4 Å². The first-order chi connectivity index (χ1) is 13.3. The minimum absolute atomic E-state index is 0.0514. The summed E-state index contributed by atoms with van der Waals surface area (Å²) in [5.74, 6) is 0.109. The number of aromatic nitrogens is 2. The van der Waals surface area contributed by atoms with Gasteiger partial charge in [-0.2, -0.15) is 4.98 Å². The van der Waals surface area contributed by atoms with Crippen molar-refractivity contribution >= 4 is 11.9 Å². The van der Waals surface area contributed by atoms with E-state index < -0.39 is 12.1 Å². The van der Waals surface area contributed by atoms with Crippen LogP contribution >= 0.6 is 0 Å². The lowest BCUT2D eigenvalue weighted by Crippen LogP contribution is -2.51. The molecule has 28 heavy (non-hydrogen) atoms. The lowest BCUT2D eigenvalue weighted by molar-refractivity contribution is -0.166. The van der Waals surface area contributed by atoms with Crippen LogP contribution in [0.2, 0.25) is 0 Å². The Balaban J connectivity index is 1.58. The van der Waals surface area contributed by atoms with Gasteiger partial charge in [0.05, 0.1) is 12.6 Å². The van der Waals surface area contributed by atoms with Crippen LogP contribution in [0.1, 0.15) is 44.6 Å². The molecule has 1 aromatic heterocycles. The zero-order chi connectivity index (χ0) is 20.3. The highest BCUT2D eigenvalue weighted by Gasteiger charge is 2.32. The number of morpholine rings is 1. The standard InChI is InChI=1S/C20H25N3O5/c1-12(2)14-4-6-15(7-5-14)19-21-17(28-22-19)8-9-18(24)23-10-13(3)27-16(11-23)20(25)26/h4-7,12-13,16H,8-11H2,1-3H3,(H,25,26)/t13-,16?/m1/s1. The number of amides is 1. The molecule has 1 amide bonds. The van der Waals surface area contributed by atoms with Crippen LogP contribution in [0, 0.1) is 0 Å². The summed E-state index contributed by atoms with van der Waals surface area (Å²) in [5.41, 5.74) is 2.09. The van der Waals surface area contributed by atoms with Crippen molar-refractivity contribution in [3.05, 3.63) is 35.7 Å². The molecule has 1 N–H and O–H groups in total. The Kier molecular flexibility index (Phi) is 6.08. The van der Waals surface area contributed by atoms with Gasteiger partial charge in [-0.3, -0.25) is 4.79 Å². The summed E-state index contributed by atoms with van der Waals surface area (Å²) >= 11 is 0. The highest BCUT2D eigenvalue weighted by atomic mass is 16.5. The average molecular weight is 387 g/mol. The van der Waals surface area contributed by atoms with Gasteiger partial charge in [0.15, 0.2) is 6.10 Å². The van der Waals surface area contributed by atoms with Crippen molar-refractivity contribution < 1.29 is 24.0 Å². The third-order valence-corrected chi connectivity index (χ3v) is 4.74. The Morgan fingerprint density at radius 1 is 1.25 bits per heavy atom. The van der Waals surface area contributed by atoms with E-state index in [0.717, 1.165) is 5.56 Å². The summed E-state index contributed by atoms with van der Waals surface area (Å²) in [6, 6.07) is 7.99. The molecule has 1 unspecified atom stereocenters. The van der Waals surface area contributed by atoms with Crippen LogP contribution in [0.15, 0.2) is 28.8 Å². The van der Waals surface area contributed by atoms with Crippen LogP contribution in [0.3, 0.4) is 0 Å². The molecule has 2 heterocycles. The SMILES string of the molecule is CC(C)c1ccc(-c2noc(CCC(=O)N3CC(C(=O)O)O[C@H](C)C3)n2)cc1. The van der Waals surface area contributed by atoms with Gasteiger partial charge in [0.25, 0.3) is 0 Å². The Hall–Kier alpha value is -2.74. The number of carbonyl (C=O) groups is 2. The molecule has 1 fully saturated rings. The van der Waals surface area contributed by atoms with Crippen molar-refractivity contribution in [2.24, 2.45) is 0 Å². The lowest BCUT2D eigenvalue weighted by atomic mass is 10.0. The van der Waals surface area contributed by atoms with E-state index in [2.05, 4.69) is 24.0 Å². The van der Waals surface area contributed by atoms with E-state index in [1.54, 1.807) is 6.92 Å². The summed E-state index contributed by atoms with van der Waals surface area (Å²) in [7, 11) is 0. The van der Waals surface area contributed by atoms with E-state index in [1.165, 1.54) is 10.5 Å². The summed E-state index contributed by atoms with van der Waals surface area (Å²) in [5, 5.41) is 13.1. The van der Waals surface area contributed by atoms with Crippen LogP contribution < -0.4 is 0 Å². The predicted octanol–water partition coefficient (Wildman–Crippen LogP) is 2.49.